The second kappa shape index (κ2) is 5.16. The summed E-state index contributed by atoms with van der Waals surface area (Å²) in [6.45, 7) is 4.29. The largest absolute Gasteiger partial charge is 0.390 e. The molecule has 1 aromatic heterocycles. The first-order valence-electron chi connectivity index (χ1n) is 7.39. The molecule has 0 bridgehead atoms. The number of rotatable bonds is 3. The van der Waals surface area contributed by atoms with Crippen LogP contribution in [0, 0.1) is 11.8 Å². The van der Waals surface area contributed by atoms with Crippen molar-refractivity contribution in [3.05, 3.63) is 12.4 Å². The number of amides is 1. The van der Waals surface area contributed by atoms with Gasteiger partial charge < -0.3 is 10.0 Å². The molecule has 6 nitrogen and oxygen atoms in total. The highest BCUT2D eigenvalue weighted by atomic mass is 16.3. The van der Waals surface area contributed by atoms with E-state index in [0.717, 1.165) is 32.5 Å². The van der Waals surface area contributed by atoms with Gasteiger partial charge in [-0.1, -0.05) is 5.21 Å². The van der Waals surface area contributed by atoms with Gasteiger partial charge in [0.1, 0.15) is 0 Å². The Balaban J connectivity index is 1.54. The number of carbonyl (C=O) groups excluding carboxylic acids is 1. The zero-order valence-electron chi connectivity index (χ0n) is 11.9. The Kier molecular flexibility index (Phi) is 3.50. The van der Waals surface area contributed by atoms with Crippen LogP contribution in [0.1, 0.15) is 32.6 Å². The Hall–Kier alpha value is -1.43. The van der Waals surface area contributed by atoms with Crippen LogP contribution in [0.25, 0.3) is 0 Å². The first kappa shape index (κ1) is 13.5. The molecule has 3 rings (SSSR count). The zero-order chi connectivity index (χ0) is 14.2. The van der Waals surface area contributed by atoms with Crippen LogP contribution >= 0.6 is 0 Å². The number of carbonyl (C=O) groups is 1. The van der Waals surface area contributed by atoms with Gasteiger partial charge in [0.2, 0.25) is 5.91 Å². The van der Waals surface area contributed by atoms with E-state index in [0.29, 0.717) is 18.8 Å². The predicted molar refractivity (Wildman–Crippen MR) is 72.7 cm³/mol. The molecule has 6 heteroatoms. The van der Waals surface area contributed by atoms with E-state index in [4.69, 9.17) is 0 Å². The molecule has 0 aromatic carbocycles. The Labute approximate surface area is 118 Å². The summed E-state index contributed by atoms with van der Waals surface area (Å²) in [5, 5.41) is 17.6. The second-order valence-corrected chi connectivity index (χ2v) is 6.52. The quantitative estimate of drug-likeness (QED) is 0.882. The van der Waals surface area contributed by atoms with Gasteiger partial charge in [-0.3, -0.25) is 9.48 Å². The average molecular weight is 278 g/mol. The van der Waals surface area contributed by atoms with Crippen molar-refractivity contribution in [3.8, 4) is 0 Å². The lowest BCUT2D eigenvalue weighted by Crippen LogP contribution is -2.51. The van der Waals surface area contributed by atoms with E-state index in [2.05, 4.69) is 10.3 Å². The summed E-state index contributed by atoms with van der Waals surface area (Å²) >= 11 is 0. The summed E-state index contributed by atoms with van der Waals surface area (Å²) in [6, 6.07) is 0. The van der Waals surface area contributed by atoms with Gasteiger partial charge in [0.25, 0.3) is 0 Å². The van der Waals surface area contributed by atoms with Gasteiger partial charge in [-0.25, -0.2) is 0 Å². The van der Waals surface area contributed by atoms with Crippen LogP contribution in [0.5, 0.6) is 0 Å². The molecule has 2 aliphatic rings. The fourth-order valence-electron chi connectivity index (χ4n) is 3.44. The molecule has 1 aliphatic heterocycles. The normalized spacial score (nSPS) is 33.8. The van der Waals surface area contributed by atoms with Crippen LogP contribution < -0.4 is 0 Å². The maximum absolute atomic E-state index is 12.4. The summed E-state index contributed by atoms with van der Waals surface area (Å²) in [5.41, 5.74) is -0.629. The van der Waals surface area contributed by atoms with Gasteiger partial charge >= 0.3 is 0 Å². The molecule has 1 aromatic rings. The lowest BCUT2D eigenvalue weighted by molar-refractivity contribution is -0.151. The van der Waals surface area contributed by atoms with Gasteiger partial charge in [-0.05, 0) is 38.5 Å². The number of nitrogens with zero attached hydrogens (tertiary/aromatic N) is 4. The highest BCUT2D eigenvalue weighted by Crippen LogP contribution is 2.38. The number of aromatic nitrogens is 3. The third-order valence-corrected chi connectivity index (χ3v) is 4.47. The topological polar surface area (TPSA) is 71.2 Å². The lowest BCUT2D eigenvalue weighted by atomic mass is 9.71. The lowest BCUT2D eigenvalue weighted by Gasteiger charge is -2.43. The summed E-state index contributed by atoms with van der Waals surface area (Å²) in [5.74, 6) is 0.699. The minimum absolute atomic E-state index is 0.0233. The summed E-state index contributed by atoms with van der Waals surface area (Å²) < 4.78 is 1.84. The number of aliphatic hydroxyl groups is 1. The molecule has 1 saturated heterocycles. The Morgan fingerprint density at radius 1 is 1.50 bits per heavy atom. The smallest absolute Gasteiger partial charge is 0.225 e. The van der Waals surface area contributed by atoms with E-state index in [-0.39, 0.29) is 11.8 Å². The Bertz CT molecular complexity index is 464. The summed E-state index contributed by atoms with van der Waals surface area (Å²) in [7, 11) is 0. The molecular formula is C14H22N4O2. The van der Waals surface area contributed by atoms with Crippen LogP contribution in [0.2, 0.25) is 0 Å². The van der Waals surface area contributed by atoms with Gasteiger partial charge in [0.15, 0.2) is 0 Å². The molecular weight excluding hydrogens is 256 g/mol. The summed E-state index contributed by atoms with van der Waals surface area (Å²) in [6.07, 6.45) is 6.94. The number of hydrogen-bond donors (Lipinski definition) is 1. The minimum atomic E-state index is -0.629. The van der Waals surface area contributed by atoms with Crippen molar-refractivity contribution in [1.82, 2.24) is 19.9 Å². The third-order valence-electron chi connectivity index (χ3n) is 4.47. The fourth-order valence-corrected chi connectivity index (χ4v) is 3.44. The Morgan fingerprint density at radius 3 is 2.95 bits per heavy atom. The van der Waals surface area contributed by atoms with E-state index in [1.807, 2.05) is 15.8 Å². The van der Waals surface area contributed by atoms with Crippen molar-refractivity contribution in [2.45, 2.75) is 44.8 Å². The molecule has 0 spiro atoms. The molecule has 1 atom stereocenters. The maximum atomic E-state index is 12.4. The molecule has 1 N–H and O–H groups in total. The van der Waals surface area contributed by atoms with E-state index in [1.165, 1.54) is 0 Å². The van der Waals surface area contributed by atoms with Crippen molar-refractivity contribution >= 4 is 5.91 Å². The average Bonchev–Trinajstić information content (AvgIpc) is 2.88. The maximum Gasteiger partial charge on any atom is 0.225 e. The van der Waals surface area contributed by atoms with Crippen LogP contribution in [0.4, 0.5) is 0 Å². The molecule has 20 heavy (non-hydrogen) atoms. The highest BCUT2D eigenvalue weighted by molar-refractivity contribution is 5.80. The summed E-state index contributed by atoms with van der Waals surface area (Å²) in [4.78, 5) is 14.4. The van der Waals surface area contributed by atoms with Crippen LogP contribution in [-0.4, -0.2) is 49.6 Å². The first-order chi connectivity index (χ1) is 9.53. The third kappa shape index (κ3) is 2.85. The van der Waals surface area contributed by atoms with Crippen LogP contribution in [0.3, 0.4) is 0 Å². The van der Waals surface area contributed by atoms with E-state index in [9.17, 15) is 9.90 Å². The molecule has 2 fully saturated rings. The zero-order valence-corrected chi connectivity index (χ0v) is 11.9. The molecule has 1 saturated carbocycles. The standard InChI is InChI=1S/C14H22N4O2/c1-14(20)7-12(8-14)13(19)17-5-2-3-11(9-17)10-18-6-4-15-16-18/h4,6,11-12,20H,2-3,5,7-10H2,1H3. The second-order valence-electron chi connectivity index (χ2n) is 6.52. The van der Waals surface area contributed by atoms with Gasteiger partial charge in [0.05, 0.1) is 11.8 Å². The molecule has 1 unspecified atom stereocenters. The van der Waals surface area contributed by atoms with Crippen LogP contribution in [0.15, 0.2) is 12.4 Å². The minimum Gasteiger partial charge on any atom is -0.390 e. The highest BCUT2D eigenvalue weighted by Gasteiger charge is 2.44. The SMILES string of the molecule is CC1(O)CC(C(=O)N2CCCC(Cn3ccnn3)C2)C1. The number of likely N-dealkylation sites (tertiary alicyclic amines) is 1. The Morgan fingerprint density at radius 2 is 2.30 bits per heavy atom. The van der Waals surface area contributed by atoms with E-state index < -0.39 is 5.60 Å². The first-order valence-corrected chi connectivity index (χ1v) is 7.39. The number of piperidine rings is 1. The fraction of sp³-hybridized carbons (Fsp3) is 0.786. The predicted octanol–water partition coefficient (Wildman–Crippen LogP) is 0.678. The monoisotopic (exact) mass is 278 g/mol. The van der Waals surface area contributed by atoms with Gasteiger partial charge in [0, 0.05) is 31.7 Å². The van der Waals surface area contributed by atoms with Crippen molar-refractivity contribution in [2.24, 2.45) is 11.8 Å². The van der Waals surface area contributed by atoms with Gasteiger partial charge in [-0.15, -0.1) is 5.10 Å². The molecule has 2 heterocycles. The van der Waals surface area contributed by atoms with E-state index >= 15 is 0 Å². The van der Waals surface area contributed by atoms with Crippen molar-refractivity contribution in [3.63, 3.8) is 0 Å². The molecule has 1 aliphatic carbocycles. The van der Waals surface area contributed by atoms with Crippen molar-refractivity contribution in [1.29, 1.82) is 0 Å². The van der Waals surface area contributed by atoms with Crippen molar-refractivity contribution in [2.75, 3.05) is 13.1 Å². The number of hydrogen-bond acceptors (Lipinski definition) is 4. The van der Waals surface area contributed by atoms with E-state index in [1.54, 1.807) is 13.1 Å². The van der Waals surface area contributed by atoms with Crippen molar-refractivity contribution < 1.29 is 9.90 Å². The molecule has 110 valence electrons. The molecule has 1 amide bonds. The van der Waals surface area contributed by atoms with Crippen LogP contribution in [-0.2, 0) is 11.3 Å². The van der Waals surface area contributed by atoms with Gasteiger partial charge in [-0.2, -0.15) is 0 Å². The molecule has 0 radical (unpaired) electrons.